The van der Waals surface area contributed by atoms with Crippen molar-refractivity contribution in [3.8, 4) is 22.9 Å². The number of nitrogens with one attached hydrogen (secondary N) is 1. The molecule has 0 atom stereocenters. The first-order chi connectivity index (χ1) is 12.1. The van der Waals surface area contributed by atoms with Gasteiger partial charge in [0, 0.05) is 23.5 Å². The Labute approximate surface area is 155 Å². The lowest BCUT2D eigenvalue weighted by Crippen LogP contribution is -2.13. The number of anilines is 1. The average molecular weight is 416 g/mol. The number of carbonyl (C=O) groups excluding carboxylic acids is 1. The molecule has 0 fully saturated rings. The Morgan fingerprint density at radius 3 is 2.84 bits per heavy atom. The van der Waals surface area contributed by atoms with E-state index in [1.165, 1.54) is 24.6 Å². The van der Waals surface area contributed by atoms with Crippen LogP contribution in [-0.2, 0) is 0 Å². The van der Waals surface area contributed by atoms with E-state index in [0.29, 0.717) is 37.1 Å². The third-order valence-electron chi connectivity index (χ3n) is 3.31. The molecule has 25 heavy (non-hydrogen) atoms. The molecule has 0 saturated carbocycles. The fourth-order valence-electron chi connectivity index (χ4n) is 2.22. The highest BCUT2D eigenvalue weighted by Gasteiger charge is 2.18. The van der Waals surface area contributed by atoms with E-state index in [1.54, 1.807) is 30.5 Å². The van der Waals surface area contributed by atoms with Crippen LogP contribution in [-0.4, -0.2) is 28.2 Å². The summed E-state index contributed by atoms with van der Waals surface area (Å²) in [7, 11) is 1.53. The lowest BCUT2D eigenvalue weighted by Gasteiger charge is -2.12. The van der Waals surface area contributed by atoms with Gasteiger partial charge in [-0.25, -0.2) is 0 Å². The number of methoxy groups -OCH3 is 1. The van der Waals surface area contributed by atoms with Gasteiger partial charge in [0.2, 0.25) is 5.13 Å². The number of benzene rings is 1. The van der Waals surface area contributed by atoms with Gasteiger partial charge >= 0.3 is 0 Å². The maximum absolute atomic E-state index is 12.7. The molecule has 0 aliphatic heterocycles. The zero-order valence-corrected chi connectivity index (χ0v) is 15.3. The maximum atomic E-state index is 12.7. The van der Waals surface area contributed by atoms with Gasteiger partial charge in [-0.15, -0.1) is 10.2 Å². The van der Waals surface area contributed by atoms with E-state index in [0.717, 1.165) is 0 Å². The molecule has 3 aromatic rings. The number of pyridine rings is 1. The van der Waals surface area contributed by atoms with Crippen LogP contribution in [0.3, 0.4) is 0 Å². The fourth-order valence-corrected chi connectivity index (χ4v) is 3.22. The molecule has 0 unspecified atom stereocenters. The highest BCUT2D eigenvalue weighted by Crippen LogP contribution is 2.33. The van der Waals surface area contributed by atoms with Crippen molar-refractivity contribution in [3.63, 3.8) is 0 Å². The average Bonchev–Trinajstić information content (AvgIpc) is 3.05. The number of aromatic nitrogens is 3. The van der Waals surface area contributed by atoms with Crippen molar-refractivity contribution in [1.29, 1.82) is 5.26 Å². The lowest BCUT2D eigenvalue weighted by atomic mass is 9.99. The summed E-state index contributed by atoms with van der Waals surface area (Å²) < 4.78 is 5.93. The Hall–Kier alpha value is -2.83. The minimum absolute atomic E-state index is 0.356. The maximum Gasteiger partial charge on any atom is 0.258 e. The van der Waals surface area contributed by atoms with Crippen molar-refractivity contribution in [2.45, 2.75) is 0 Å². The third-order valence-corrected chi connectivity index (χ3v) is 4.58. The highest BCUT2D eigenvalue weighted by atomic mass is 79.9. The summed E-state index contributed by atoms with van der Waals surface area (Å²) in [5.74, 6) is 0.185. The van der Waals surface area contributed by atoms with E-state index >= 15 is 0 Å². The monoisotopic (exact) mass is 415 g/mol. The van der Waals surface area contributed by atoms with Crippen LogP contribution in [0.2, 0.25) is 0 Å². The van der Waals surface area contributed by atoms with Crippen LogP contribution < -0.4 is 10.1 Å². The first-order valence-electron chi connectivity index (χ1n) is 6.95. The van der Waals surface area contributed by atoms with Gasteiger partial charge in [-0.1, -0.05) is 11.3 Å². The summed E-state index contributed by atoms with van der Waals surface area (Å²) >= 11 is 4.41. The van der Waals surface area contributed by atoms with E-state index in [1.807, 2.05) is 0 Å². The molecule has 0 spiro atoms. The van der Waals surface area contributed by atoms with Crippen LogP contribution in [0.5, 0.6) is 5.75 Å². The molecule has 1 N–H and O–H groups in total. The Bertz CT molecular complexity index is 983. The number of halogens is 1. The van der Waals surface area contributed by atoms with Crippen LogP contribution in [0, 0.1) is 11.3 Å². The smallest absolute Gasteiger partial charge is 0.258 e. The molecule has 2 aromatic heterocycles. The van der Waals surface area contributed by atoms with E-state index in [-0.39, 0.29) is 5.91 Å². The molecule has 124 valence electrons. The summed E-state index contributed by atoms with van der Waals surface area (Å²) in [6, 6.07) is 8.67. The van der Waals surface area contributed by atoms with E-state index < -0.39 is 0 Å². The zero-order chi connectivity index (χ0) is 17.8. The van der Waals surface area contributed by atoms with Crippen LogP contribution >= 0.6 is 27.3 Å². The summed E-state index contributed by atoms with van der Waals surface area (Å²) in [4.78, 5) is 16.7. The molecule has 0 aliphatic carbocycles. The summed E-state index contributed by atoms with van der Waals surface area (Å²) in [5.41, 5.74) is 2.00. The van der Waals surface area contributed by atoms with E-state index in [2.05, 4.69) is 42.5 Å². The second-order valence-corrected chi connectivity index (χ2v) is 7.02. The zero-order valence-electron chi connectivity index (χ0n) is 12.9. The summed E-state index contributed by atoms with van der Waals surface area (Å²) in [6.07, 6.45) is 3.08. The second-order valence-electron chi connectivity index (χ2n) is 4.76. The molecule has 7 nitrogen and oxygen atoms in total. The molecule has 2 heterocycles. The fraction of sp³-hybridized carbons (Fsp3) is 0.0625. The molecule has 0 bridgehead atoms. The first-order valence-corrected chi connectivity index (χ1v) is 8.56. The van der Waals surface area contributed by atoms with Crippen molar-refractivity contribution >= 4 is 38.3 Å². The van der Waals surface area contributed by atoms with Gasteiger partial charge in [0.15, 0.2) is 3.92 Å². The number of amides is 1. The summed E-state index contributed by atoms with van der Waals surface area (Å²) in [6.45, 7) is 0. The number of hydrogen-bond donors (Lipinski definition) is 1. The minimum atomic E-state index is -0.356. The van der Waals surface area contributed by atoms with Gasteiger partial charge < -0.3 is 4.74 Å². The predicted molar refractivity (Wildman–Crippen MR) is 96.5 cm³/mol. The van der Waals surface area contributed by atoms with Crippen LogP contribution in [0.1, 0.15) is 15.9 Å². The number of hydrogen-bond acceptors (Lipinski definition) is 7. The second kappa shape index (κ2) is 7.38. The van der Waals surface area contributed by atoms with Gasteiger partial charge in [0.1, 0.15) is 5.75 Å². The van der Waals surface area contributed by atoms with Gasteiger partial charge in [-0.2, -0.15) is 5.26 Å². The number of carbonyl (C=O) groups is 1. The minimum Gasteiger partial charge on any atom is -0.496 e. The van der Waals surface area contributed by atoms with Gasteiger partial charge in [-0.05, 0) is 40.2 Å². The van der Waals surface area contributed by atoms with Gasteiger partial charge in [0.05, 0.1) is 24.3 Å². The predicted octanol–water partition coefficient (Wildman–Crippen LogP) is 3.50. The molecule has 1 aromatic carbocycles. The third kappa shape index (κ3) is 3.65. The first kappa shape index (κ1) is 17.0. The number of nitriles is 1. The van der Waals surface area contributed by atoms with Crippen molar-refractivity contribution in [3.05, 3.63) is 51.7 Å². The Morgan fingerprint density at radius 2 is 2.16 bits per heavy atom. The quantitative estimate of drug-likeness (QED) is 0.699. The van der Waals surface area contributed by atoms with Crippen molar-refractivity contribution in [2.24, 2.45) is 0 Å². The largest absolute Gasteiger partial charge is 0.496 e. The SMILES string of the molecule is COc1ccc(C#N)cc1-c1cnccc1C(=O)Nc1nnc(Br)s1. The molecule has 9 heteroatoms. The Balaban J connectivity index is 2.04. The molecule has 0 aliphatic rings. The van der Waals surface area contributed by atoms with Crippen LogP contribution in [0.4, 0.5) is 5.13 Å². The molecule has 3 rings (SSSR count). The van der Waals surface area contributed by atoms with Crippen LogP contribution in [0.15, 0.2) is 40.6 Å². The topological polar surface area (TPSA) is 101 Å². The Kier molecular flexibility index (Phi) is 5.02. The van der Waals surface area contributed by atoms with Crippen molar-refractivity contribution in [2.75, 3.05) is 12.4 Å². The van der Waals surface area contributed by atoms with Gasteiger partial charge in [-0.3, -0.25) is 15.1 Å². The normalized spacial score (nSPS) is 10.1. The molecule has 0 radical (unpaired) electrons. The van der Waals surface area contributed by atoms with Crippen molar-refractivity contribution in [1.82, 2.24) is 15.2 Å². The lowest BCUT2D eigenvalue weighted by molar-refractivity contribution is 0.102. The van der Waals surface area contributed by atoms with Crippen molar-refractivity contribution < 1.29 is 9.53 Å². The van der Waals surface area contributed by atoms with Crippen LogP contribution in [0.25, 0.3) is 11.1 Å². The number of rotatable bonds is 4. The summed E-state index contributed by atoms with van der Waals surface area (Å²) in [5, 5.41) is 19.9. The Morgan fingerprint density at radius 1 is 1.32 bits per heavy atom. The molecular formula is C16H10BrN5O2S. The molecule has 1 amide bonds. The molecular weight excluding hydrogens is 406 g/mol. The van der Waals surface area contributed by atoms with E-state index in [4.69, 9.17) is 10.00 Å². The number of nitrogens with zero attached hydrogens (tertiary/aromatic N) is 4. The number of ether oxygens (including phenoxy) is 1. The standard InChI is InChI=1S/C16H10BrN5O2S/c1-24-13-3-2-9(7-18)6-11(13)12-8-19-5-4-10(12)14(23)20-16-22-21-15(17)25-16/h2-6,8H,1H3,(H,20,22,23). The highest BCUT2D eigenvalue weighted by molar-refractivity contribution is 9.11. The molecule has 0 saturated heterocycles. The van der Waals surface area contributed by atoms with E-state index in [9.17, 15) is 4.79 Å². The van der Waals surface area contributed by atoms with Gasteiger partial charge in [0.25, 0.3) is 5.91 Å².